The fourth-order valence-electron chi connectivity index (χ4n) is 5.49. The molecule has 0 fully saturated rings. The Kier molecular flexibility index (Phi) is 9.30. The maximum atomic E-state index is 14.0. The van der Waals surface area contributed by atoms with Gasteiger partial charge in [-0.15, -0.1) is 0 Å². The molecule has 0 radical (unpaired) electrons. The Balaban J connectivity index is 1.41. The van der Waals surface area contributed by atoms with Crippen molar-refractivity contribution in [2.45, 2.75) is 56.6 Å². The van der Waals surface area contributed by atoms with Crippen molar-refractivity contribution in [2.24, 2.45) is 0 Å². The number of sulfonamides is 1. The van der Waals surface area contributed by atoms with E-state index < -0.39 is 16.1 Å². The van der Waals surface area contributed by atoms with Gasteiger partial charge in [-0.1, -0.05) is 83.9 Å². The van der Waals surface area contributed by atoms with Crippen LogP contribution >= 0.6 is 23.2 Å². The summed E-state index contributed by atoms with van der Waals surface area (Å²) in [6, 6.07) is 24.5. The second-order valence-electron chi connectivity index (χ2n) is 11.0. The standard InChI is InChI=1S/C33H33Cl2N3O4S/c1-22(2)36-33(40)29(20-23-9-4-3-5-10-23)37(21-24-16-17-26(34)27(35)19-24)31(39)15-8-18-38-28-13-6-11-25-12-7-14-30(32(25)28)43(38,41)42/h3-7,9-14,16-17,19,22,29H,8,15,18,20-21H2,1-2H3,(H,36,40)/t29-/m1/s1. The van der Waals surface area contributed by atoms with Crippen LogP contribution in [0.4, 0.5) is 5.69 Å². The van der Waals surface area contributed by atoms with E-state index >= 15 is 0 Å². The first kappa shape index (κ1) is 30.9. The lowest BCUT2D eigenvalue weighted by molar-refractivity contribution is -0.141. The maximum Gasteiger partial charge on any atom is 0.265 e. The first-order chi connectivity index (χ1) is 20.6. The zero-order valence-electron chi connectivity index (χ0n) is 24.0. The van der Waals surface area contributed by atoms with Gasteiger partial charge in [0.25, 0.3) is 10.0 Å². The van der Waals surface area contributed by atoms with Crippen LogP contribution in [0.2, 0.25) is 10.0 Å². The van der Waals surface area contributed by atoms with Crippen molar-refractivity contribution in [3.05, 3.63) is 106 Å². The predicted octanol–water partition coefficient (Wildman–Crippen LogP) is 6.60. The largest absolute Gasteiger partial charge is 0.352 e. The van der Waals surface area contributed by atoms with Gasteiger partial charge < -0.3 is 10.2 Å². The number of amides is 2. The lowest BCUT2D eigenvalue weighted by Crippen LogP contribution is -2.51. The molecule has 0 spiro atoms. The van der Waals surface area contributed by atoms with E-state index in [9.17, 15) is 18.0 Å². The summed E-state index contributed by atoms with van der Waals surface area (Å²) >= 11 is 12.4. The van der Waals surface area contributed by atoms with Crippen LogP contribution in [-0.2, 0) is 32.6 Å². The van der Waals surface area contributed by atoms with E-state index in [1.54, 1.807) is 41.3 Å². The van der Waals surface area contributed by atoms with E-state index in [-0.39, 0.29) is 48.7 Å². The molecule has 1 aliphatic heterocycles. The molecule has 7 nitrogen and oxygen atoms in total. The lowest BCUT2D eigenvalue weighted by Gasteiger charge is -2.32. The Morgan fingerprint density at radius 3 is 2.30 bits per heavy atom. The van der Waals surface area contributed by atoms with Gasteiger partial charge in [0, 0.05) is 37.4 Å². The molecule has 0 unspecified atom stereocenters. The number of hydrogen-bond acceptors (Lipinski definition) is 4. The van der Waals surface area contributed by atoms with Crippen LogP contribution in [0.1, 0.15) is 37.8 Å². The molecule has 0 aromatic heterocycles. The van der Waals surface area contributed by atoms with Gasteiger partial charge >= 0.3 is 0 Å². The molecule has 224 valence electrons. The van der Waals surface area contributed by atoms with Crippen molar-refractivity contribution in [1.29, 1.82) is 0 Å². The summed E-state index contributed by atoms with van der Waals surface area (Å²) in [7, 11) is -3.74. The first-order valence-electron chi connectivity index (χ1n) is 14.2. The summed E-state index contributed by atoms with van der Waals surface area (Å²) in [5.41, 5.74) is 2.25. The Labute approximate surface area is 262 Å². The molecule has 43 heavy (non-hydrogen) atoms. The van der Waals surface area contributed by atoms with E-state index in [2.05, 4.69) is 5.32 Å². The summed E-state index contributed by atoms with van der Waals surface area (Å²) in [5.74, 6) is -0.533. The molecule has 0 bridgehead atoms. The van der Waals surface area contributed by atoms with Crippen LogP contribution in [0.25, 0.3) is 10.8 Å². The highest BCUT2D eigenvalue weighted by molar-refractivity contribution is 7.93. The van der Waals surface area contributed by atoms with Gasteiger partial charge in [0.05, 0.1) is 20.6 Å². The fraction of sp³-hybridized carbons (Fsp3) is 0.273. The number of benzene rings is 4. The number of nitrogens with zero attached hydrogens (tertiary/aromatic N) is 2. The normalized spacial score (nSPS) is 14.2. The Morgan fingerprint density at radius 2 is 1.60 bits per heavy atom. The van der Waals surface area contributed by atoms with Gasteiger partial charge in [0.15, 0.2) is 0 Å². The Hall–Kier alpha value is -3.59. The second-order valence-corrected chi connectivity index (χ2v) is 13.6. The minimum atomic E-state index is -3.74. The zero-order valence-corrected chi connectivity index (χ0v) is 26.3. The average Bonchev–Trinajstić information content (AvgIpc) is 3.20. The molecular formula is C33H33Cl2N3O4S. The molecule has 1 N–H and O–H groups in total. The molecule has 5 rings (SSSR count). The minimum Gasteiger partial charge on any atom is -0.352 e. The molecule has 10 heteroatoms. The smallest absolute Gasteiger partial charge is 0.265 e. The van der Waals surface area contributed by atoms with E-state index in [0.717, 1.165) is 16.5 Å². The van der Waals surface area contributed by atoms with Crippen LogP contribution in [0, 0.1) is 0 Å². The number of halogens is 2. The summed E-state index contributed by atoms with van der Waals surface area (Å²) in [4.78, 5) is 29.4. The van der Waals surface area contributed by atoms with Crippen molar-refractivity contribution < 1.29 is 18.0 Å². The second kappa shape index (κ2) is 13.0. The number of carbonyl (C=O) groups is 2. The van der Waals surface area contributed by atoms with Gasteiger partial charge in [-0.25, -0.2) is 8.42 Å². The summed E-state index contributed by atoms with van der Waals surface area (Å²) in [6.45, 7) is 4.00. The quantitative estimate of drug-likeness (QED) is 0.201. The molecule has 4 aromatic carbocycles. The highest BCUT2D eigenvalue weighted by atomic mass is 35.5. The molecule has 0 saturated carbocycles. The van der Waals surface area contributed by atoms with Crippen molar-refractivity contribution in [2.75, 3.05) is 10.8 Å². The number of hydrogen-bond donors (Lipinski definition) is 1. The van der Waals surface area contributed by atoms with Crippen LogP contribution in [-0.4, -0.2) is 43.8 Å². The average molecular weight is 639 g/mol. The highest BCUT2D eigenvalue weighted by Crippen LogP contribution is 2.42. The third kappa shape index (κ3) is 6.66. The van der Waals surface area contributed by atoms with Crippen LogP contribution in [0.5, 0.6) is 0 Å². The third-order valence-electron chi connectivity index (χ3n) is 7.47. The summed E-state index contributed by atoms with van der Waals surface area (Å²) in [5, 5.41) is 5.27. The molecule has 2 amide bonds. The van der Waals surface area contributed by atoms with Crippen LogP contribution in [0.3, 0.4) is 0 Å². The monoisotopic (exact) mass is 637 g/mol. The summed E-state index contributed by atoms with van der Waals surface area (Å²) in [6.07, 6.45) is 0.619. The molecule has 0 saturated heterocycles. The molecular weight excluding hydrogens is 605 g/mol. The molecule has 1 heterocycles. The van der Waals surface area contributed by atoms with E-state index in [1.807, 2.05) is 62.4 Å². The van der Waals surface area contributed by atoms with Gasteiger partial charge in [-0.3, -0.25) is 13.9 Å². The topological polar surface area (TPSA) is 86.8 Å². The van der Waals surface area contributed by atoms with Crippen molar-refractivity contribution in [3.8, 4) is 0 Å². The van der Waals surface area contributed by atoms with E-state index in [0.29, 0.717) is 27.5 Å². The molecule has 1 atom stereocenters. The van der Waals surface area contributed by atoms with Crippen LogP contribution < -0.4 is 9.62 Å². The number of anilines is 1. The Morgan fingerprint density at radius 1 is 0.884 bits per heavy atom. The summed E-state index contributed by atoms with van der Waals surface area (Å²) < 4.78 is 28.2. The van der Waals surface area contributed by atoms with Crippen LogP contribution in [0.15, 0.2) is 89.8 Å². The van der Waals surface area contributed by atoms with Crippen molar-refractivity contribution >= 4 is 61.5 Å². The maximum absolute atomic E-state index is 14.0. The van der Waals surface area contributed by atoms with Crippen molar-refractivity contribution in [1.82, 2.24) is 10.2 Å². The molecule has 0 aliphatic carbocycles. The van der Waals surface area contributed by atoms with Gasteiger partial charge in [-0.05, 0) is 61.0 Å². The number of nitrogens with one attached hydrogen (secondary N) is 1. The van der Waals surface area contributed by atoms with E-state index in [1.165, 1.54) is 4.31 Å². The number of rotatable bonds is 11. The van der Waals surface area contributed by atoms with E-state index in [4.69, 9.17) is 23.2 Å². The predicted molar refractivity (Wildman–Crippen MR) is 172 cm³/mol. The zero-order chi connectivity index (χ0) is 30.7. The number of carbonyl (C=O) groups excluding carboxylic acids is 2. The first-order valence-corrected chi connectivity index (χ1v) is 16.4. The molecule has 4 aromatic rings. The highest BCUT2D eigenvalue weighted by Gasteiger charge is 2.36. The molecule has 1 aliphatic rings. The SMILES string of the molecule is CC(C)NC(=O)[C@@H](Cc1ccccc1)N(Cc1ccc(Cl)c(Cl)c1)C(=O)CCCN1c2cccc3cccc(c23)S1(=O)=O. The lowest BCUT2D eigenvalue weighted by atomic mass is 10.0. The van der Waals surface area contributed by atoms with Gasteiger partial charge in [-0.2, -0.15) is 0 Å². The van der Waals surface area contributed by atoms with Crippen molar-refractivity contribution in [3.63, 3.8) is 0 Å². The minimum absolute atomic E-state index is 0.0416. The third-order valence-corrected chi connectivity index (χ3v) is 10.1. The Bertz CT molecular complexity index is 1760. The van der Waals surface area contributed by atoms with Gasteiger partial charge in [0.1, 0.15) is 6.04 Å². The van der Waals surface area contributed by atoms with Gasteiger partial charge in [0.2, 0.25) is 11.8 Å². The fourth-order valence-corrected chi connectivity index (χ4v) is 7.56.